The Morgan fingerprint density at radius 3 is 2.78 bits per heavy atom. The first-order chi connectivity index (χ1) is 8.72. The van der Waals surface area contributed by atoms with Crippen molar-refractivity contribution in [3.05, 3.63) is 35.9 Å². The van der Waals surface area contributed by atoms with Crippen molar-refractivity contribution < 1.29 is 19.7 Å². The zero-order valence-electron chi connectivity index (χ0n) is 9.95. The molecule has 1 saturated heterocycles. The summed E-state index contributed by atoms with van der Waals surface area (Å²) in [5.74, 6) is -0.224. The maximum absolute atomic E-state index is 11.9. The van der Waals surface area contributed by atoms with E-state index >= 15 is 0 Å². The molecule has 0 spiro atoms. The molecule has 1 aromatic rings. The highest BCUT2D eigenvalue weighted by Crippen LogP contribution is 2.15. The third-order valence-corrected chi connectivity index (χ3v) is 3.09. The second-order valence-electron chi connectivity index (χ2n) is 4.32. The predicted octanol–water partition coefficient (Wildman–Crippen LogP) is -0.0729. The maximum Gasteiger partial charge on any atom is 0.251 e. The molecule has 1 fully saturated rings. The van der Waals surface area contributed by atoms with Gasteiger partial charge in [0.15, 0.2) is 0 Å². The van der Waals surface area contributed by atoms with Crippen molar-refractivity contribution in [2.24, 2.45) is 0 Å². The highest BCUT2D eigenvalue weighted by atomic mass is 16.5. The van der Waals surface area contributed by atoms with E-state index in [1.165, 1.54) is 0 Å². The lowest BCUT2D eigenvalue weighted by Gasteiger charge is -2.34. The Kier molecular flexibility index (Phi) is 4.30. The van der Waals surface area contributed by atoms with E-state index in [1.54, 1.807) is 24.3 Å². The van der Waals surface area contributed by atoms with E-state index in [0.29, 0.717) is 18.6 Å². The summed E-state index contributed by atoms with van der Waals surface area (Å²) in [6.07, 6.45) is -0.966. The van der Waals surface area contributed by atoms with Crippen LogP contribution in [0.4, 0.5) is 0 Å². The van der Waals surface area contributed by atoms with E-state index in [9.17, 15) is 9.90 Å². The Morgan fingerprint density at radius 1 is 1.39 bits per heavy atom. The summed E-state index contributed by atoms with van der Waals surface area (Å²) in [5, 5.41) is 21.7. The summed E-state index contributed by atoms with van der Waals surface area (Å²) in [4.78, 5) is 11.9. The number of rotatable bonds is 3. The van der Waals surface area contributed by atoms with Gasteiger partial charge in [0.2, 0.25) is 0 Å². The molecule has 1 aliphatic heterocycles. The molecule has 1 amide bonds. The molecule has 2 rings (SSSR count). The third-order valence-electron chi connectivity index (χ3n) is 3.09. The summed E-state index contributed by atoms with van der Waals surface area (Å²) in [6, 6.07) is 8.44. The van der Waals surface area contributed by atoms with Crippen LogP contribution in [-0.4, -0.2) is 47.6 Å². The van der Waals surface area contributed by atoms with Crippen LogP contribution in [-0.2, 0) is 4.74 Å². The van der Waals surface area contributed by atoms with Crippen LogP contribution in [0.3, 0.4) is 0 Å². The molecule has 3 N–H and O–H groups in total. The molecule has 0 bridgehead atoms. The van der Waals surface area contributed by atoms with Crippen LogP contribution in [0.2, 0.25) is 0 Å². The molecule has 5 nitrogen and oxygen atoms in total. The average Bonchev–Trinajstić information content (AvgIpc) is 2.42. The fourth-order valence-corrected chi connectivity index (χ4v) is 2.03. The van der Waals surface area contributed by atoms with Gasteiger partial charge in [-0.25, -0.2) is 0 Å². The fourth-order valence-electron chi connectivity index (χ4n) is 2.03. The van der Waals surface area contributed by atoms with E-state index in [2.05, 4.69) is 5.32 Å². The van der Waals surface area contributed by atoms with E-state index < -0.39 is 12.2 Å². The lowest BCUT2D eigenvalue weighted by Crippen LogP contribution is -2.54. The molecule has 18 heavy (non-hydrogen) atoms. The molecular weight excluding hydrogens is 234 g/mol. The molecular formula is C13H17NO4. The highest BCUT2D eigenvalue weighted by Gasteiger charge is 2.33. The number of hydrogen-bond acceptors (Lipinski definition) is 4. The van der Waals surface area contributed by atoms with Crippen LogP contribution in [0.25, 0.3) is 0 Å². The Morgan fingerprint density at radius 2 is 2.11 bits per heavy atom. The predicted molar refractivity (Wildman–Crippen MR) is 65.1 cm³/mol. The number of carbonyl (C=O) groups is 1. The maximum atomic E-state index is 11.9. The minimum absolute atomic E-state index is 0.224. The SMILES string of the molecule is O=C(N[C@H]1CCO[C@H](CO)[C@H]1O)c1ccccc1. The number of aliphatic hydroxyl groups excluding tert-OH is 2. The van der Waals surface area contributed by atoms with E-state index in [0.717, 1.165) is 0 Å². The molecule has 1 heterocycles. The molecule has 3 atom stereocenters. The van der Waals surface area contributed by atoms with Gasteiger partial charge < -0.3 is 20.3 Å². The largest absolute Gasteiger partial charge is 0.394 e. The molecule has 0 radical (unpaired) electrons. The molecule has 5 heteroatoms. The zero-order valence-corrected chi connectivity index (χ0v) is 9.95. The smallest absolute Gasteiger partial charge is 0.251 e. The van der Waals surface area contributed by atoms with Gasteiger partial charge in [-0.05, 0) is 18.6 Å². The lowest BCUT2D eigenvalue weighted by molar-refractivity contribution is -0.107. The molecule has 0 unspecified atom stereocenters. The van der Waals surface area contributed by atoms with Crippen molar-refractivity contribution in [2.45, 2.75) is 24.7 Å². The fraction of sp³-hybridized carbons (Fsp3) is 0.462. The van der Waals surface area contributed by atoms with Crippen molar-refractivity contribution in [3.8, 4) is 0 Å². The standard InChI is InChI=1S/C13H17NO4/c15-8-11-12(16)10(6-7-18-11)14-13(17)9-4-2-1-3-5-9/h1-5,10-12,15-16H,6-8H2,(H,14,17)/t10-,11+,12-/m0/s1. The van der Waals surface area contributed by atoms with Gasteiger partial charge >= 0.3 is 0 Å². The number of nitrogens with one attached hydrogen (secondary N) is 1. The minimum Gasteiger partial charge on any atom is -0.394 e. The second-order valence-corrected chi connectivity index (χ2v) is 4.32. The number of ether oxygens (including phenoxy) is 1. The molecule has 0 aromatic heterocycles. The van der Waals surface area contributed by atoms with Gasteiger partial charge in [-0.15, -0.1) is 0 Å². The number of amides is 1. The van der Waals surface area contributed by atoms with Crippen molar-refractivity contribution in [2.75, 3.05) is 13.2 Å². The number of hydrogen-bond donors (Lipinski definition) is 3. The van der Waals surface area contributed by atoms with Gasteiger partial charge in [-0.2, -0.15) is 0 Å². The van der Waals surface area contributed by atoms with Crippen LogP contribution in [0.15, 0.2) is 30.3 Å². The van der Waals surface area contributed by atoms with E-state index in [1.807, 2.05) is 6.07 Å². The van der Waals surface area contributed by atoms with Gasteiger partial charge in [-0.1, -0.05) is 18.2 Å². The first kappa shape index (κ1) is 13.0. The summed E-state index contributed by atoms with van der Waals surface area (Å²) in [5.41, 5.74) is 0.553. The highest BCUT2D eigenvalue weighted by molar-refractivity contribution is 5.94. The lowest BCUT2D eigenvalue weighted by atomic mass is 9.99. The molecule has 98 valence electrons. The average molecular weight is 251 g/mol. The monoisotopic (exact) mass is 251 g/mol. The normalized spacial score (nSPS) is 27.8. The van der Waals surface area contributed by atoms with Crippen molar-refractivity contribution in [1.29, 1.82) is 0 Å². The van der Waals surface area contributed by atoms with Crippen molar-refractivity contribution >= 4 is 5.91 Å². The topological polar surface area (TPSA) is 78.8 Å². The Labute approximate surface area is 105 Å². The van der Waals surface area contributed by atoms with E-state index in [4.69, 9.17) is 9.84 Å². The number of benzene rings is 1. The molecule has 1 aromatic carbocycles. The van der Waals surface area contributed by atoms with Crippen molar-refractivity contribution in [3.63, 3.8) is 0 Å². The van der Waals surface area contributed by atoms with Gasteiger partial charge in [0.05, 0.1) is 12.6 Å². The van der Waals surface area contributed by atoms with Crippen LogP contribution < -0.4 is 5.32 Å². The Bertz CT molecular complexity index is 395. The number of aliphatic hydroxyl groups is 2. The van der Waals surface area contributed by atoms with Crippen molar-refractivity contribution in [1.82, 2.24) is 5.32 Å². The first-order valence-corrected chi connectivity index (χ1v) is 5.99. The van der Waals surface area contributed by atoms with Crippen LogP contribution in [0, 0.1) is 0 Å². The quantitative estimate of drug-likeness (QED) is 0.702. The zero-order chi connectivity index (χ0) is 13.0. The Hall–Kier alpha value is -1.43. The Balaban J connectivity index is 1.99. The van der Waals surface area contributed by atoms with Gasteiger partial charge in [0.1, 0.15) is 12.2 Å². The van der Waals surface area contributed by atoms with E-state index in [-0.39, 0.29) is 18.6 Å². The summed E-state index contributed by atoms with van der Waals surface area (Å²) >= 11 is 0. The molecule has 0 aliphatic carbocycles. The summed E-state index contributed by atoms with van der Waals surface area (Å²) in [7, 11) is 0. The first-order valence-electron chi connectivity index (χ1n) is 5.99. The third kappa shape index (κ3) is 2.87. The summed E-state index contributed by atoms with van der Waals surface area (Å²) < 4.78 is 5.21. The minimum atomic E-state index is -0.878. The second kappa shape index (κ2) is 5.95. The van der Waals surface area contributed by atoms with Crippen LogP contribution >= 0.6 is 0 Å². The number of carbonyl (C=O) groups excluding carboxylic acids is 1. The van der Waals surface area contributed by atoms with Gasteiger partial charge in [0.25, 0.3) is 5.91 Å². The summed E-state index contributed by atoms with van der Waals surface area (Å²) in [6.45, 7) is 0.168. The van der Waals surface area contributed by atoms with Crippen LogP contribution in [0.5, 0.6) is 0 Å². The van der Waals surface area contributed by atoms with Gasteiger partial charge in [-0.3, -0.25) is 4.79 Å². The van der Waals surface area contributed by atoms with Gasteiger partial charge in [0, 0.05) is 12.2 Å². The molecule has 1 aliphatic rings. The molecule has 0 saturated carbocycles. The van der Waals surface area contributed by atoms with Crippen LogP contribution in [0.1, 0.15) is 16.8 Å².